The Hall–Kier alpha value is -2.04. The fourth-order valence-corrected chi connectivity index (χ4v) is 3.73. The van der Waals surface area contributed by atoms with Gasteiger partial charge in [0, 0.05) is 37.8 Å². The van der Waals surface area contributed by atoms with E-state index in [9.17, 15) is 9.59 Å². The van der Waals surface area contributed by atoms with Gasteiger partial charge in [0.2, 0.25) is 0 Å². The highest BCUT2D eigenvalue weighted by molar-refractivity contribution is 5.94. The number of nitrogens with one attached hydrogen (secondary N) is 1. The lowest BCUT2D eigenvalue weighted by Crippen LogP contribution is -2.54. The van der Waals surface area contributed by atoms with Gasteiger partial charge >= 0.3 is 6.03 Å². The van der Waals surface area contributed by atoms with Crippen LogP contribution in [0, 0.1) is 0 Å². The largest absolute Gasteiger partial charge is 0.335 e. The van der Waals surface area contributed by atoms with Crippen molar-refractivity contribution in [3.63, 3.8) is 0 Å². The lowest BCUT2D eigenvalue weighted by Gasteiger charge is -2.35. The number of benzene rings is 1. The molecule has 5 nitrogen and oxygen atoms in total. The van der Waals surface area contributed by atoms with E-state index in [1.165, 1.54) is 18.4 Å². The number of rotatable bonds is 4. The first-order valence-electron chi connectivity index (χ1n) is 9.61. The van der Waals surface area contributed by atoms with Crippen molar-refractivity contribution in [1.29, 1.82) is 0 Å². The van der Waals surface area contributed by atoms with E-state index in [2.05, 4.69) is 12.2 Å². The van der Waals surface area contributed by atoms with Crippen LogP contribution in [0.15, 0.2) is 24.3 Å². The predicted molar refractivity (Wildman–Crippen MR) is 98.7 cm³/mol. The molecule has 0 aromatic heterocycles. The molecule has 136 valence electrons. The van der Waals surface area contributed by atoms with Crippen molar-refractivity contribution in [3.05, 3.63) is 35.4 Å². The summed E-state index contributed by atoms with van der Waals surface area (Å²) >= 11 is 0. The van der Waals surface area contributed by atoms with Crippen molar-refractivity contribution < 1.29 is 9.59 Å². The maximum atomic E-state index is 12.6. The molecule has 1 heterocycles. The molecular formula is C20H29N3O2. The molecule has 0 atom stereocenters. The zero-order valence-electron chi connectivity index (χ0n) is 15.2. The highest BCUT2D eigenvalue weighted by Gasteiger charge is 2.26. The van der Waals surface area contributed by atoms with Crippen LogP contribution in [0.2, 0.25) is 0 Å². The molecule has 1 saturated carbocycles. The maximum absolute atomic E-state index is 12.6. The summed E-state index contributed by atoms with van der Waals surface area (Å²) in [7, 11) is 0. The van der Waals surface area contributed by atoms with Gasteiger partial charge < -0.3 is 15.1 Å². The van der Waals surface area contributed by atoms with Crippen LogP contribution in [-0.2, 0) is 6.42 Å². The highest BCUT2D eigenvalue weighted by Crippen LogP contribution is 2.18. The van der Waals surface area contributed by atoms with Crippen LogP contribution in [0.1, 0.15) is 54.9 Å². The van der Waals surface area contributed by atoms with E-state index in [0.717, 1.165) is 31.2 Å². The molecule has 1 aromatic carbocycles. The van der Waals surface area contributed by atoms with Gasteiger partial charge in [0.15, 0.2) is 0 Å². The molecule has 5 heteroatoms. The molecule has 1 aliphatic carbocycles. The van der Waals surface area contributed by atoms with Gasteiger partial charge in [-0.25, -0.2) is 4.79 Å². The van der Waals surface area contributed by atoms with Crippen molar-refractivity contribution >= 4 is 11.9 Å². The Balaban J connectivity index is 1.49. The molecule has 0 bridgehead atoms. The fraction of sp³-hybridized carbons (Fsp3) is 0.600. The number of piperazine rings is 1. The van der Waals surface area contributed by atoms with Crippen molar-refractivity contribution in [3.8, 4) is 0 Å². The minimum absolute atomic E-state index is 0.0305. The smallest absolute Gasteiger partial charge is 0.317 e. The Morgan fingerprint density at radius 1 is 1.00 bits per heavy atom. The van der Waals surface area contributed by atoms with E-state index in [4.69, 9.17) is 0 Å². The SMILES string of the molecule is CCCc1ccc(C(=O)N2CCN(C(=O)NC3CCCC3)CC2)cc1. The number of amides is 3. The van der Waals surface area contributed by atoms with Crippen LogP contribution >= 0.6 is 0 Å². The average Bonchev–Trinajstić information content (AvgIpc) is 3.15. The summed E-state index contributed by atoms with van der Waals surface area (Å²) in [6.07, 6.45) is 6.77. The Morgan fingerprint density at radius 2 is 1.60 bits per heavy atom. The van der Waals surface area contributed by atoms with Crippen molar-refractivity contribution in [2.24, 2.45) is 0 Å². The van der Waals surface area contributed by atoms with E-state index < -0.39 is 0 Å². The monoisotopic (exact) mass is 343 g/mol. The van der Waals surface area contributed by atoms with Gasteiger partial charge in [-0.15, -0.1) is 0 Å². The quantitative estimate of drug-likeness (QED) is 0.913. The fourth-order valence-electron chi connectivity index (χ4n) is 3.73. The van der Waals surface area contributed by atoms with Crippen LogP contribution in [-0.4, -0.2) is 54.0 Å². The second-order valence-electron chi connectivity index (χ2n) is 7.16. The van der Waals surface area contributed by atoms with Gasteiger partial charge in [-0.1, -0.05) is 38.3 Å². The Bertz CT molecular complexity index is 585. The molecule has 3 rings (SSSR count). The molecule has 0 spiro atoms. The lowest BCUT2D eigenvalue weighted by atomic mass is 10.1. The number of nitrogens with zero attached hydrogens (tertiary/aromatic N) is 2. The van der Waals surface area contributed by atoms with Crippen LogP contribution in [0.5, 0.6) is 0 Å². The summed E-state index contributed by atoms with van der Waals surface area (Å²) in [5, 5.41) is 3.13. The van der Waals surface area contributed by atoms with Crippen molar-refractivity contribution in [2.45, 2.75) is 51.5 Å². The van der Waals surface area contributed by atoms with Gasteiger partial charge in [-0.3, -0.25) is 4.79 Å². The first kappa shape index (κ1) is 17.8. The number of carbonyl (C=O) groups is 2. The summed E-state index contributed by atoms with van der Waals surface area (Å²) < 4.78 is 0. The number of aryl methyl sites for hydroxylation is 1. The van der Waals surface area contributed by atoms with E-state index in [-0.39, 0.29) is 11.9 Å². The van der Waals surface area contributed by atoms with Crippen molar-refractivity contribution in [1.82, 2.24) is 15.1 Å². The van der Waals surface area contributed by atoms with Crippen LogP contribution in [0.25, 0.3) is 0 Å². The molecule has 1 N–H and O–H groups in total. The third-order valence-electron chi connectivity index (χ3n) is 5.28. The normalized spacial score (nSPS) is 18.4. The van der Waals surface area contributed by atoms with E-state index in [0.29, 0.717) is 32.2 Å². The Morgan fingerprint density at radius 3 is 2.20 bits per heavy atom. The van der Waals surface area contributed by atoms with Crippen LogP contribution in [0.4, 0.5) is 4.79 Å². The molecule has 0 unspecified atom stereocenters. The first-order valence-corrected chi connectivity index (χ1v) is 9.61. The first-order chi connectivity index (χ1) is 12.2. The molecule has 3 amide bonds. The molecule has 2 aliphatic rings. The minimum atomic E-state index is 0.0305. The average molecular weight is 343 g/mol. The van der Waals surface area contributed by atoms with Gasteiger partial charge in [-0.2, -0.15) is 0 Å². The van der Waals surface area contributed by atoms with Gasteiger partial charge in [0.1, 0.15) is 0 Å². The molecular weight excluding hydrogens is 314 g/mol. The molecule has 1 saturated heterocycles. The third kappa shape index (κ3) is 4.53. The summed E-state index contributed by atoms with van der Waals surface area (Å²) in [4.78, 5) is 28.6. The van der Waals surface area contributed by atoms with E-state index in [1.54, 1.807) is 0 Å². The topological polar surface area (TPSA) is 52.7 Å². The second-order valence-corrected chi connectivity index (χ2v) is 7.16. The molecule has 1 aromatic rings. The zero-order valence-corrected chi connectivity index (χ0v) is 15.2. The Kier molecular flexibility index (Phi) is 5.95. The van der Waals surface area contributed by atoms with Crippen LogP contribution < -0.4 is 5.32 Å². The van der Waals surface area contributed by atoms with Gasteiger partial charge in [0.05, 0.1) is 0 Å². The zero-order chi connectivity index (χ0) is 17.6. The molecule has 25 heavy (non-hydrogen) atoms. The number of carbonyl (C=O) groups excluding carboxylic acids is 2. The second kappa shape index (κ2) is 8.37. The Labute approximate surface area is 150 Å². The van der Waals surface area contributed by atoms with Gasteiger partial charge in [-0.05, 0) is 37.0 Å². The summed E-state index contributed by atoms with van der Waals surface area (Å²) in [5.74, 6) is 0.0684. The number of hydrogen-bond acceptors (Lipinski definition) is 2. The molecule has 1 aliphatic heterocycles. The van der Waals surface area contributed by atoms with Crippen molar-refractivity contribution in [2.75, 3.05) is 26.2 Å². The van der Waals surface area contributed by atoms with E-state index >= 15 is 0 Å². The predicted octanol–water partition coefficient (Wildman–Crippen LogP) is 3.05. The summed E-state index contributed by atoms with van der Waals surface area (Å²) in [5.41, 5.74) is 2.01. The van der Waals surface area contributed by atoms with E-state index in [1.807, 2.05) is 34.1 Å². The standard InChI is InChI=1S/C20H29N3O2/c1-2-5-16-8-10-17(11-9-16)19(24)22-12-14-23(15-13-22)20(25)21-18-6-3-4-7-18/h8-11,18H,2-7,12-15H2,1H3,(H,21,25). The third-order valence-corrected chi connectivity index (χ3v) is 5.28. The maximum Gasteiger partial charge on any atom is 0.317 e. The van der Waals surface area contributed by atoms with Gasteiger partial charge in [0.25, 0.3) is 5.91 Å². The highest BCUT2D eigenvalue weighted by atomic mass is 16.2. The number of urea groups is 1. The van der Waals surface area contributed by atoms with Crippen LogP contribution in [0.3, 0.4) is 0 Å². The molecule has 0 radical (unpaired) electrons. The summed E-state index contributed by atoms with van der Waals surface area (Å²) in [6.45, 7) is 4.58. The lowest BCUT2D eigenvalue weighted by molar-refractivity contribution is 0.0663. The number of hydrogen-bond donors (Lipinski definition) is 1. The summed E-state index contributed by atoms with van der Waals surface area (Å²) in [6, 6.07) is 8.31. The minimum Gasteiger partial charge on any atom is -0.335 e. The molecule has 2 fully saturated rings.